The van der Waals surface area contributed by atoms with Gasteiger partial charge in [-0.3, -0.25) is 5.10 Å². The highest BCUT2D eigenvalue weighted by Crippen LogP contribution is 2.35. The van der Waals surface area contributed by atoms with Crippen LogP contribution in [0.3, 0.4) is 0 Å². The van der Waals surface area contributed by atoms with Crippen LogP contribution >= 0.6 is 11.3 Å². The first-order chi connectivity index (χ1) is 17.9. The zero-order valence-corrected chi connectivity index (χ0v) is 21.6. The molecule has 4 aromatic rings. The lowest BCUT2D eigenvalue weighted by Gasteiger charge is -2.38. The Labute approximate surface area is 218 Å². The SMILES string of the molecule is C=C/C=C(/c1ccc(F)s1)c1cc(-c2n[nH]c3ccc(/C(=C/C)N=C(C=C)N4CC(N)C4)nc23)[nH]c1C. The van der Waals surface area contributed by atoms with Gasteiger partial charge in [0.1, 0.15) is 17.0 Å². The number of nitrogens with zero attached hydrogens (tertiary/aromatic N) is 4. The highest BCUT2D eigenvalue weighted by atomic mass is 32.1. The van der Waals surface area contributed by atoms with Gasteiger partial charge < -0.3 is 15.6 Å². The third kappa shape index (κ3) is 4.71. The van der Waals surface area contributed by atoms with E-state index in [1.54, 1.807) is 18.2 Å². The molecule has 1 aliphatic heterocycles. The van der Waals surface area contributed by atoms with Crippen LogP contribution in [0.15, 0.2) is 72.8 Å². The molecule has 188 valence electrons. The number of likely N-dealkylation sites (tertiary alicyclic amines) is 1. The fourth-order valence-corrected chi connectivity index (χ4v) is 5.18. The van der Waals surface area contributed by atoms with Crippen LogP contribution in [0.4, 0.5) is 4.39 Å². The van der Waals surface area contributed by atoms with E-state index in [1.165, 1.54) is 6.07 Å². The van der Waals surface area contributed by atoms with E-state index in [2.05, 4.69) is 33.2 Å². The highest BCUT2D eigenvalue weighted by molar-refractivity contribution is 7.11. The van der Waals surface area contributed by atoms with Crippen molar-refractivity contribution in [2.75, 3.05) is 13.1 Å². The number of aromatic amines is 2. The third-order valence-corrected chi connectivity index (χ3v) is 7.19. The first-order valence-electron chi connectivity index (χ1n) is 11.9. The lowest BCUT2D eigenvalue weighted by atomic mass is 10.0. The van der Waals surface area contributed by atoms with Gasteiger partial charge in [-0.15, -0.1) is 11.3 Å². The first kappa shape index (κ1) is 24.6. The quantitative estimate of drug-likeness (QED) is 0.168. The van der Waals surface area contributed by atoms with E-state index in [-0.39, 0.29) is 11.2 Å². The summed E-state index contributed by atoms with van der Waals surface area (Å²) in [5, 5.41) is 7.40. The van der Waals surface area contributed by atoms with Crippen molar-refractivity contribution in [1.82, 2.24) is 25.1 Å². The molecule has 1 aliphatic rings. The number of allylic oxidation sites excluding steroid dienone is 3. The molecule has 0 amide bonds. The normalized spacial score (nSPS) is 15.4. The van der Waals surface area contributed by atoms with Crippen LogP contribution in [0.2, 0.25) is 0 Å². The number of rotatable bonds is 7. The number of H-pyrrole nitrogens is 2. The van der Waals surface area contributed by atoms with Crippen molar-refractivity contribution in [3.05, 3.63) is 94.8 Å². The van der Waals surface area contributed by atoms with E-state index in [9.17, 15) is 4.39 Å². The van der Waals surface area contributed by atoms with E-state index in [1.807, 2.05) is 44.2 Å². The Kier molecular flexibility index (Phi) is 6.73. The van der Waals surface area contributed by atoms with E-state index in [4.69, 9.17) is 15.7 Å². The molecule has 0 bridgehead atoms. The van der Waals surface area contributed by atoms with Crippen LogP contribution in [-0.4, -0.2) is 50.0 Å². The molecule has 4 N–H and O–H groups in total. The number of hydrogen-bond acceptors (Lipinski definition) is 5. The van der Waals surface area contributed by atoms with Crippen LogP contribution in [0.1, 0.15) is 28.8 Å². The summed E-state index contributed by atoms with van der Waals surface area (Å²) < 4.78 is 13.8. The molecule has 1 saturated heterocycles. The topological polar surface area (TPSA) is 99.0 Å². The Hall–Kier alpha value is -4.08. The lowest BCUT2D eigenvalue weighted by Crippen LogP contribution is -2.57. The Morgan fingerprint density at radius 2 is 2.08 bits per heavy atom. The van der Waals surface area contributed by atoms with Crippen LogP contribution in [0, 0.1) is 12.1 Å². The predicted octanol–water partition coefficient (Wildman–Crippen LogP) is 5.67. The predicted molar refractivity (Wildman–Crippen MR) is 151 cm³/mol. The minimum atomic E-state index is -0.229. The van der Waals surface area contributed by atoms with Gasteiger partial charge >= 0.3 is 0 Å². The molecule has 0 atom stereocenters. The fraction of sp³-hybridized carbons (Fsp3) is 0.179. The minimum Gasteiger partial charge on any atom is -0.357 e. The van der Waals surface area contributed by atoms with Crippen molar-refractivity contribution in [1.29, 1.82) is 0 Å². The zero-order chi connectivity index (χ0) is 26.1. The maximum Gasteiger partial charge on any atom is 0.176 e. The monoisotopic (exact) mass is 513 g/mol. The van der Waals surface area contributed by atoms with Gasteiger partial charge in [0, 0.05) is 40.8 Å². The second-order valence-electron chi connectivity index (χ2n) is 8.82. The summed E-state index contributed by atoms with van der Waals surface area (Å²) in [6.07, 6.45) is 7.28. The summed E-state index contributed by atoms with van der Waals surface area (Å²) in [4.78, 5) is 16.1. The van der Waals surface area contributed by atoms with Crippen molar-refractivity contribution in [2.24, 2.45) is 10.7 Å². The van der Waals surface area contributed by atoms with Crippen LogP contribution in [-0.2, 0) is 0 Å². The molecule has 4 aromatic heterocycles. The second-order valence-corrected chi connectivity index (χ2v) is 9.85. The molecule has 37 heavy (non-hydrogen) atoms. The molecule has 1 fully saturated rings. The largest absolute Gasteiger partial charge is 0.357 e. The number of halogens is 1. The Morgan fingerprint density at radius 3 is 2.73 bits per heavy atom. The number of thiophene rings is 1. The van der Waals surface area contributed by atoms with E-state index in [0.717, 1.165) is 80.1 Å². The first-order valence-corrected chi connectivity index (χ1v) is 12.8. The van der Waals surface area contributed by atoms with Gasteiger partial charge in [-0.2, -0.15) is 9.49 Å². The second kappa shape index (κ2) is 10.1. The van der Waals surface area contributed by atoms with Gasteiger partial charge in [0.15, 0.2) is 5.13 Å². The number of aromatic nitrogens is 4. The maximum absolute atomic E-state index is 13.8. The molecule has 0 spiro atoms. The number of pyridine rings is 1. The molecule has 9 heteroatoms. The smallest absolute Gasteiger partial charge is 0.176 e. The van der Waals surface area contributed by atoms with Crippen molar-refractivity contribution in [3.63, 3.8) is 0 Å². The highest BCUT2D eigenvalue weighted by Gasteiger charge is 2.25. The summed E-state index contributed by atoms with van der Waals surface area (Å²) in [6, 6.07) is 9.31. The average molecular weight is 514 g/mol. The molecule has 5 rings (SSSR count). The summed E-state index contributed by atoms with van der Waals surface area (Å²) in [6.45, 7) is 13.2. The van der Waals surface area contributed by atoms with Crippen LogP contribution in [0.5, 0.6) is 0 Å². The number of fused-ring (bicyclic) bond motifs is 1. The molecule has 0 aliphatic carbocycles. The van der Waals surface area contributed by atoms with Gasteiger partial charge in [0.25, 0.3) is 0 Å². The number of amidine groups is 1. The van der Waals surface area contributed by atoms with Gasteiger partial charge in [-0.05, 0) is 50.3 Å². The number of nitrogens with two attached hydrogens (primary N) is 1. The van der Waals surface area contributed by atoms with Gasteiger partial charge in [0.2, 0.25) is 0 Å². The van der Waals surface area contributed by atoms with E-state index >= 15 is 0 Å². The molecular formula is C28H28FN7S. The summed E-state index contributed by atoms with van der Waals surface area (Å²) in [5.41, 5.74) is 13.2. The van der Waals surface area contributed by atoms with Crippen molar-refractivity contribution in [2.45, 2.75) is 19.9 Å². The third-order valence-electron chi connectivity index (χ3n) is 6.28. The Balaban J connectivity index is 1.53. The molecule has 0 saturated carbocycles. The van der Waals surface area contributed by atoms with Crippen LogP contribution < -0.4 is 5.73 Å². The molecule has 0 unspecified atom stereocenters. The van der Waals surface area contributed by atoms with Crippen LogP contribution in [0.25, 0.3) is 33.7 Å². The van der Waals surface area contributed by atoms with E-state index < -0.39 is 0 Å². The van der Waals surface area contributed by atoms with Crippen molar-refractivity contribution < 1.29 is 4.39 Å². The molecule has 0 aromatic carbocycles. The standard InChI is InChI=1S/C28H28FN7S/c1-5-8-18(24-11-12-25(29)37-24)19-13-23(31-16(19)4)28-27-22(34-35-28)10-9-21(33-27)20(6-2)32-26(7-3)36-14-17(30)15-36/h5-13,17,31H,1,3,14-15,30H2,2,4H3,(H,34,35)/b18-8+,20-6-,32-26?. The molecular weight excluding hydrogens is 485 g/mol. The molecule has 7 nitrogen and oxygen atoms in total. The van der Waals surface area contributed by atoms with Gasteiger partial charge in [0.05, 0.1) is 22.6 Å². The number of aryl methyl sites for hydroxylation is 1. The fourth-order valence-electron chi connectivity index (χ4n) is 4.41. The summed E-state index contributed by atoms with van der Waals surface area (Å²) in [7, 11) is 0. The number of aliphatic imine (C=N–C) groups is 1. The summed E-state index contributed by atoms with van der Waals surface area (Å²) >= 11 is 1.10. The maximum atomic E-state index is 13.8. The molecule has 5 heterocycles. The average Bonchev–Trinajstić information content (AvgIpc) is 3.59. The minimum absolute atomic E-state index is 0.164. The van der Waals surface area contributed by atoms with E-state index in [0.29, 0.717) is 5.69 Å². The summed E-state index contributed by atoms with van der Waals surface area (Å²) in [5.74, 6) is 0.778. The zero-order valence-electron chi connectivity index (χ0n) is 20.8. The molecule has 0 radical (unpaired) electrons. The number of nitrogens with one attached hydrogen (secondary N) is 2. The van der Waals surface area contributed by atoms with Crippen molar-refractivity contribution >= 4 is 39.5 Å². The van der Waals surface area contributed by atoms with Gasteiger partial charge in [-0.1, -0.05) is 31.4 Å². The lowest BCUT2D eigenvalue weighted by molar-refractivity contribution is 0.256. The van der Waals surface area contributed by atoms with Gasteiger partial charge in [-0.25, -0.2) is 9.98 Å². The Morgan fingerprint density at radius 1 is 1.27 bits per heavy atom. The number of hydrogen-bond donors (Lipinski definition) is 3. The van der Waals surface area contributed by atoms with Crippen molar-refractivity contribution in [3.8, 4) is 11.4 Å². The Bertz CT molecular complexity index is 1580.